The summed E-state index contributed by atoms with van der Waals surface area (Å²) in [5.74, 6) is 1.25. The third-order valence-electron chi connectivity index (χ3n) is 4.56. The second-order valence-corrected chi connectivity index (χ2v) is 6.25. The molecular weight excluding hydrogens is 331 g/mol. The quantitative estimate of drug-likeness (QED) is 0.849. The molecule has 0 saturated carbocycles. The van der Waals surface area contributed by atoms with Crippen molar-refractivity contribution in [3.05, 3.63) is 42.0 Å². The van der Waals surface area contributed by atoms with Gasteiger partial charge in [-0.2, -0.15) is 13.2 Å². The normalized spacial score (nSPS) is 16.1. The SMILES string of the molecule is Cc1cc(N(C)C2CCN(c3cc(C(F)(F)F)ccn3)CC2)ncn1. The molecule has 5 nitrogen and oxygen atoms in total. The van der Waals surface area contributed by atoms with E-state index >= 15 is 0 Å². The molecule has 1 aliphatic rings. The minimum Gasteiger partial charge on any atom is -0.356 e. The number of aryl methyl sites for hydroxylation is 1. The van der Waals surface area contributed by atoms with Gasteiger partial charge in [0, 0.05) is 44.1 Å². The van der Waals surface area contributed by atoms with Gasteiger partial charge >= 0.3 is 6.18 Å². The van der Waals surface area contributed by atoms with Crippen LogP contribution >= 0.6 is 0 Å². The Hall–Kier alpha value is -2.38. The van der Waals surface area contributed by atoms with Crippen LogP contribution in [0.25, 0.3) is 0 Å². The molecule has 0 aliphatic carbocycles. The van der Waals surface area contributed by atoms with Crippen LogP contribution in [-0.2, 0) is 6.18 Å². The van der Waals surface area contributed by atoms with Crippen molar-refractivity contribution in [2.75, 3.05) is 29.9 Å². The first-order valence-corrected chi connectivity index (χ1v) is 8.14. The highest BCUT2D eigenvalue weighted by Gasteiger charge is 2.32. The maximum atomic E-state index is 12.9. The smallest absolute Gasteiger partial charge is 0.356 e. The molecule has 134 valence electrons. The summed E-state index contributed by atoms with van der Waals surface area (Å²) >= 11 is 0. The molecule has 8 heteroatoms. The number of pyridine rings is 1. The molecule has 0 amide bonds. The Morgan fingerprint density at radius 3 is 2.48 bits per heavy atom. The van der Waals surface area contributed by atoms with Gasteiger partial charge in [-0.1, -0.05) is 0 Å². The van der Waals surface area contributed by atoms with Crippen LogP contribution in [-0.4, -0.2) is 41.1 Å². The highest BCUT2D eigenvalue weighted by atomic mass is 19.4. The minimum absolute atomic E-state index is 0.288. The number of alkyl halides is 3. The van der Waals surface area contributed by atoms with Gasteiger partial charge in [-0.3, -0.25) is 0 Å². The van der Waals surface area contributed by atoms with E-state index in [1.165, 1.54) is 6.20 Å². The van der Waals surface area contributed by atoms with Crippen molar-refractivity contribution in [3.8, 4) is 0 Å². The average molecular weight is 351 g/mol. The zero-order chi connectivity index (χ0) is 18.0. The van der Waals surface area contributed by atoms with E-state index in [9.17, 15) is 13.2 Å². The highest BCUT2D eigenvalue weighted by Crippen LogP contribution is 2.31. The fourth-order valence-electron chi connectivity index (χ4n) is 3.07. The van der Waals surface area contributed by atoms with Gasteiger partial charge in [-0.05, 0) is 31.9 Å². The zero-order valence-electron chi connectivity index (χ0n) is 14.2. The summed E-state index contributed by atoms with van der Waals surface area (Å²) in [5, 5.41) is 0. The van der Waals surface area contributed by atoms with Gasteiger partial charge in [-0.25, -0.2) is 15.0 Å². The third-order valence-corrected chi connectivity index (χ3v) is 4.56. The highest BCUT2D eigenvalue weighted by molar-refractivity contribution is 5.44. The molecular formula is C17H20F3N5. The molecule has 1 fully saturated rings. The van der Waals surface area contributed by atoms with Gasteiger partial charge < -0.3 is 9.80 Å². The maximum absolute atomic E-state index is 12.9. The Morgan fingerprint density at radius 1 is 1.12 bits per heavy atom. The van der Waals surface area contributed by atoms with Crippen LogP contribution in [0.5, 0.6) is 0 Å². The first kappa shape index (κ1) is 17.4. The lowest BCUT2D eigenvalue weighted by Gasteiger charge is -2.37. The molecule has 0 N–H and O–H groups in total. The van der Waals surface area contributed by atoms with E-state index in [4.69, 9.17) is 0 Å². The lowest BCUT2D eigenvalue weighted by molar-refractivity contribution is -0.137. The van der Waals surface area contributed by atoms with Gasteiger partial charge in [0.05, 0.1) is 5.56 Å². The standard InChI is InChI=1S/C17H20F3N5/c1-12-9-15(23-11-22-12)24(2)14-4-7-25(8-5-14)16-10-13(3-6-21-16)17(18,19)20/h3,6,9-11,14H,4-5,7-8H2,1-2H3. The monoisotopic (exact) mass is 351 g/mol. The molecule has 0 radical (unpaired) electrons. The average Bonchev–Trinajstić information content (AvgIpc) is 2.61. The van der Waals surface area contributed by atoms with Crippen molar-refractivity contribution in [1.29, 1.82) is 0 Å². The van der Waals surface area contributed by atoms with Crippen LogP contribution in [0.1, 0.15) is 24.1 Å². The van der Waals surface area contributed by atoms with E-state index in [0.717, 1.165) is 36.5 Å². The Morgan fingerprint density at radius 2 is 1.84 bits per heavy atom. The fraction of sp³-hybridized carbons (Fsp3) is 0.471. The molecule has 0 aromatic carbocycles. The van der Waals surface area contributed by atoms with E-state index in [2.05, 4.69) is 19.9 Å². The predicted molar refractivity (Wildman–Crippen MR) is 89.6 cm³/mol. The Balaban J connectivity index is 1.66. The summed E-state index contributed by atoms with van der Waals surface area (Å²) < 4.78 is 38.6. The molecule has 0 atom stereocenters. The topological polar surface area (TPSA) is 45.2 Å². The van der Waals surface area contributed by atoms with Gasteiger partial charge in [0.2, 0.25) is 0 Å². The number of hydrogen-bond donors (Lipinski definition) is 0. The molecule has 3 rings (SSSR count). The second-order valence-electron chi connectivity index (χ2n) is 6.25. The van der Waals surface area contributed by atoms with Gasteiger partial charge in [0.25, 0.3) is 0 Å². The van der Waals surface area contributed by atoms with E-state index in [1.54, 1.807) is 6.33 Å². The molecule has 3 heterocycles. The van der Waals surface area contributed by atoms with E-state index < -0.39 is 11.7 Å². The molecule has 2 aromatic heterocycles. The number of nitrogens with zero attached hydrogens (tertiary/aromatic N) is 5. The van der Waals surface area contributed by atoms with Crippen LogP contribution in [0, 0.1) is 6.92 Å². The number of aromatic nitrogens is 3. The number of hydrogen-bond acceptors (Lipinski definition) is 5. The maximum Gasteiger partial charge on any atom is 0.416 e. The minimum atomic E-state index is -4.35. The summed E-state index contributed by atoms with van der Waals surface area (Å²) in [6.07, 6.45) is 0.0823. The fourth-order valence-corrected chi connectivity index (χ4v) is 3.07. The number of piperidine rings is 1. The van der Waals surface area contributed by atoms with Gasteiger partial charge in [-0.15, -0.1) is 0 Å². The van der Waals surface area contributed by atoms with Crippen LogP contribution in [0.2, 0.25) is 0 Å². The van der Waals surface area contributed by atoms with E-state index in [0.29, 0.717) is 18.9 Å². The number of anilines is 2. The van der Waals surface area contributed by atoms with Crippen molar-refractivity contribution in [3.63, 3.8) is 0 Å². The zero-order valence-corrected chi connectivity index (χ0v) is 14.2. The lowest BCUT2D eigenvalue weighted by Crippen LogP contribution is -2.44. The summed E-state index contributed by atoms with van der Waals surface area (Å²) in [5.41, 5.74) is 0.246. The van der Waals surface area contributed by atoms with E-state index in [1.807, 2.05) is 24.9 Å². The largest absolute Gasteiger partial charge is 0.416 e. The van der Waals surface area contributed by atoms with Crippen molar-refractivity contribution in [2.45, 2.75) is 32.0 Å². The van der Waals surface area contributed by atoms with Crippen LogP contribution < -0.4 is 9.80 Å². The lowest BCUT2D eigenvalue weighted by atomic mass is 10.0. The Labute approximate surface area is 144 Å². The number of rotatable bonds is 3. The third kappa shape index (κ3) is 4.00. The molecule has 0 spiro atoms. The number of halogens is 3. The first-order valence-electron chi connectivity index (χ1n) is 8.14. The molecule has 1 aliphatic heterocycles. The predicted octanol–water partition coefficient (Wildman–Crippen LogP) is 3.30. The van der Waals surface area contributed by atoms with Crippen molar-refractivity contribution in [1.82, 2.24) is 15.0 Å². The first-order chi connectivity index (χ1) is 11.8. The van der Waals surface area contributed by atoms with E-state index in [-0.39, 0.29) is 6.04 Å². The van der Waals surface area contributed by atoms with Crippen LogP contribution in [0.4, 0.5) is 24.8 Å². The van der Waals surface area contributed by atoms with Gasteiger partial charge in [0.15, 0.2) is 0 Å². The van der Waals surface area contributed by atoms with Crippen molar-refractivity contribution >= 4 is 11.6 Å². The summed E-state index contributed by atoms with van der Waals surface area (Å²) in [7, 11) is 1.99. The Kier molecular flexibility index (Phi) is 4.78. The molecule has 0 bridgehead atoms. The van der Waals surface area contributed by atoms with Gasteiger partial charge in [0.1, 0.15) is 18.0 Å². The molecule has 1 saturated heterocycles. The van der Waals surface area contributed by atoms with Crippen LogP contribution in [0.3, 0.4) is 0 Å². The second kappa shape index (κ2) is 6.85. The summed E-state index contributed by atoms with van der Waals surface area (Å²) in [4.78, 5) is 16.5. The summed E-state index contributed by atoms with van der Waals surface area (Å²) in [6.45, 7) is 3.24. The van der Waals surface area contributed by atoms with Crippen molar-refractivity contribution in [2.24, 2.45) is 0 Å². The Bertz CT molecular complexity index is 726. The molecule has 25 heavy (non-hydrogen) atoms. The summed E-state index contributed by atoms with van der Waals surface area (Å²) in [6, 6.07) is 4.34. The molecule has 2 aromatic rings. The van der Waals surface area contributed by atoms with Crippen molar-refractivity contribution < 1.29 is 13.2 Å². The molecule has 0 unspecified atom stereocenters. The van der Waals surface area contributed by atoms with Crippen LogP contribution in [0.15, 0.2) is 30.7 Å².